The van der Waals surface area contributed by atoms with E-state index in [0.29, 0.717) is 17.2 Å². The van der Waals surface area contributed by atoms with Crippen LogP contribution in [0.3, 0.4) is 0 Å². The van der Waals surface area contributed by atoms with E-state index in [9.17, 15) is 14.4 Å². The Kier molecular flexibility index (Phi) is 6.62. The molecule has 0 saturated heterocycles. The number of esters is 1. The third kappa shape index (κ3) is 5.96. The smallest absolute Gasteiger partial charge is 0.331 e. The van der Waals surface area contributed by atoms with Crippen LogP contribution in [0, 0.1) is 0 Å². The van der Waals surface area contributed by atoms with Crippen molar-refractivity contribution in [3.05, 3.63) is 84.2 Å². The summed E-state index contributed by atoms with van der Waals surface area (Å²) in [7, 11) is 0. The highest BCUT2D eigenvalue weighted by molar-refractivity contribution is 6.04. The Hall–Kier alpha value is -4.07. The molecule has 0 aliphatic heterocycles. The van der Waals surface area contributed by atoms with E-state index in [2.05, 4.69) is 10.6 Å². The molecule has 148 valence electrons. The number of benzene rings is 1. The molecule has 2 aromatic heterocycles. The van der Waals surface area contributed by atoms with E-state index in [1.54, 1.807) is 48.5 Å². The highest BCUT2D eigenvalue weighted by atomic mass is 16.5. The Balaban J connectivity index is 1.52. The average Bonchev–Trinajstić information content (AvgIpc) is 3.43. The van der Waals surface area contributed by atoms with Gasteiger partial charge in [0.25, 0.3) is 11.8 Å². The molecule has 1 aromatic carbocycles. The summed E-state index contributed by atoms with van der Waals surface area (Å²) in [6.45, 7) is -0.280. The number of furan rings is 2. The standard InChI is InChI=1S/C21H18N2O6/c24-19(14-29-20(25)10-9-15-5-3-11-27-15)23-18-8-2-1-7-17(18)21(26)22-13-16-6-4-12-28-16/h1-12H,13-14H2,(H,22,26)(H,23,24)/b10-9+. The number of ether oxygens (including phenoxy) is 1. The molecule has 8 nitrogen and oxygen atoms in total. The molecule has 2 heterocycles. The first-order valence-corrected chi connectivity index (χ1v) is 8.69. The summed E-state index contributed by atoms with van der Waals surface area (Å²) < 4.78 is 15.1. The Bertz CT molecular complexity index is 990. The van der Waals surface area contributed by atoms with Crippen LogP contribution < -0.4 is 10.6 Å². The number of anilines is 1. The van der Waals surface area contributed by atoms with Gasteiger partial charge in [-0.25, -0.2) is 4.79 Å². The molecular weight excluding hydrogens is 376 g/mol. The summed E-state index contributed by atoms with van der Waals surface area (Å²) >= 11 is 0. The number of rotatable bonds is 8. The van der Waals surface area contributed by atoms with E-state index in [0.717, 1.165) is 6.08 Å². The second-order valence-corrected chi connectivity index (χ2v) is 5.81. The van der Waals surface area contributed by atoms with E-state index >= 15 is 0 Å². The quantitative estimate of drug-likeness (QED) is 0.449. The number of nitrogens with one attached hydrogen (secondary N) is 2. The van der Waals surface area contributed by atoms with Crippen LogP contribution in [0.2, 0.25) is 0 Å². The SMILES string of the molecule is O=C(COC(=O)/C=C/c1ccco1)Nc1ccccc1C(=O)NCc1ccco1. The summed E-state index contributed by atoms with van der Waals surface area (Å²) in [6, 6.07) is 13.3. The van der Waals surface area contributed by atoms with Crippen LogP contribution in [0.25, 0.3) is 6.08 Å². The van der Waals surface area contributed by atoms with Crippen LogP contribution in [0.5, 0.6) is 0 Å². The molecule has 2 N–H and O–H groups in total. The minimum atomic E-state index is -0.693. The number of amides is 2. The van der Waals surface area contributed by atoms with Crippen molar-refractivity contribution in [2.75, 3.05) is 11.9 Å². The molecule has 3 aromatic rings. The number of carbonyl (C=O) groups is 3. The topological polar surface area (TPSA) is 111 Å². The van der Waals surface area contributed by atoms with Crippen molar-refractivity contribution in [2.24, 2.45) is 0 Å². The van der Waals surface area contributed by atoms with Crippen molar-refractivity contribution in [2.45, 2.75) is 6.54 Å². The molecule has 2 amide bonds. The van der Waals surface area contributed by atoms with E-state index in [-0.39, 0.29) is 18.0 Å². The maximum atomic E-state index is 12.4. The first-order valence-electron chi connectivity index (χ1n) is 8.69. The lowest BCUT2D eigenvalue weighted by molar-refractivity contribution is -0.142. The number of carbonyl (C=O) groups excluding carboxylic acids is 3. The third-order valence-corrected chi connectivity index (χ3v) is 3.72. The van der Waals surface area contributed by atoms with Crippen molar-refractivity contribution in [1.29, 1.82) is 0 Å². The zero-order valence-corrected chi connectivity index (χ0v) is 15.3. The number of para-hydroxylation sites is 1. The normalized spacial score (nSPS) is 10.6. The summed E-state index contributed by atoms with van der Waals surface area (Å²) in [5, 5.41) is 5.27. The molecule has 0 aliphatic carbocycles. The van der Waals surface area contributed by atoms with E-state index in [1.165, 1.54) is 18.6 Å². The van der Waals surface area contributed by atoms with Gasteiger partial charge in [-0.2, -0.15) is 0 Å². The van der Waals surface area contributed by atoms with Crippen LogP contribution in [0.4, 0.5) is 5.69 Å². The minimum absolute atomic E-state index is 0.216. The van der Waals surface area contributed by atoms with Gasteiger partial charge in [-0.1, -0.05) is 12.1 Å². The van der Waals surface area contributed by atoms with E-state index < -0.39 is 18.5 Å². The van der Waals surface area contributed by atoms with Crippen LogP contribution in [-0.2, 0) is 20.9 Å². The summed E-state index contributed by atoms with van der Waals surface area (Å²) in [5.74, 6) is -0.553. The predicted octanol–water partition coefficient (Wildman–Crippen LogP) is 3.00. The second-order valence-electron chi connectivity index (χ2n) is 5.81. The van der Waals surface area contributed by atoms with Crippen molar-refractivity contribution in [3.63, 3.8) is 0 Å². The van der Waals surface area contributed by atoms with Gasteiger partial charge in [0.05, 0.1) is 30.3 Å². The molecule has 0 spiro atoms. The fourth-order valence-electron chi connectivity index (χ4n) is 2.37. The zero-order chi connectivity index (χ0) is 20.5. The van der Waals surface area contributed by atoms with Crippen molar-refractivity contribution < 1.29 is 28.0 Å². The molecule has 0 aliphatic rings. The Morgan fingerprint density at radius 2 is 1.76 bits per heavy atom. The van der Waals surface area contributed by atoms with Gasteiger partial charge in [-0.15, -0.1) is 0 Å². The van der Waals surface area contributed by atoms with Crippen LogP contribution in [-0.4, -0.2) is 24.4 Å². The van der Waals surface area contributed by atoms with Crippen LogP contribution in [0.1, 0.15) is 21.9 Å². The molecule has 3 rings (SSSR count). The van der Waals surface area contributed by atoms with Gasteiger partial charge in [0, 0.05) is 6.08 Å². The number of hydrogen-bond donors (Lipinski definition) is 2. The fourth-order valence-corrected chi connectivity index (χ4v) is 2.37. The van der Waals surface area contributed by atoms with Gasteiger partial charge in [0.2, 0.25) is 0 Å². The first kappa shape index (κ1) is 19.7. The van der Waals surface area contributed by atoms with Crippen LogP contribution in [0.15, 0.2) is 76.0 Å². The molecule has 0 unspecified atom stereocenters. The summed E-state index contributed by atoms with van der Waals surface area (Å²) in [4.78, 5) is 36.2. The lowest BCUT2D eigenvalue weighted by Gasteiger charge is -2.11. The summed E-state index contributed by atoms with van der Waals surface area (Å²) in [6.07, 6.45) is 5.57. The molecule has 0 atom stereocenters. The Labute approximate surface area is 166 Å². The fraction of sp³-hybridized carbons (Fsp3) is 0.0952. The Morgan fingerprint density at radius 3 is 2.52 bits per heavy atom. The molecule has 0 fully saturated rings. The maximum Gasteiger partial charge on any atom is 0.331 e. The highest BCUT2D eigenvalue weighted by Crippen LogP contribution is 2.15. The molecule has 0 bridgehead atoms. The molecule has 0 radical (unpaired) electrons. The largest absolute Gasteiger partial charge is 0.467 e. The van der Waals surface area contributed by atoms with Crippen LogP contribution >= 0.6 is 0 Å². The average molecular weight is 394 g/mol. The molecular formula is C21H18N2O6. The van der Waals surface area contributed by atoms with Crippen molar-refractivity contribution in [3.8, 4) is 0 Å². The zero-order valence-electron chi connectivity index (χ0n) is 15.3. The molecule has 8 heteroatoms. The lowest BCUT2D eigenvalue weighted by Crippen LogP contribution is -2.26. The minimum Gasteiger partial charge on any atom is -0.467 e. The number of hydrogen-bond acceptors (Lipinski definition) is 6. The highest BCUT2D eigenvalue weighted by Gasteiger charge is 2.14. The van der Waals surface area contributed by atoms with E-state index in [4.69, 9.17) is 13.6 Å². The molecule has 0 saturated carbocycles. The Morgan fingerprint density at radius 1 is 0.966 bits per heavy atom. The van der Waals surface area contributed by atoms with Gasteiger partial charge in [-0.3, -0.25) is 9.59 Å². The van der Waals surface area contributed by atoms with Gasteiger partial charge in [0.15, 0.2) is 6.61 Å². The van der Waals surface area contributed by atoms with Gasteiger partial charge >= 0.3 is 5.97 Å². The summed E-state index contributed by atoms with van der Waals surface area (Å²) in [5.41, 5.74) is 0.577. The predicted molar refractivity (Wildman–Crippen MR) is 104 cm³/mol. The van der Waals surface area contributed by atoms with Crippen molar-refractivity contribution in [1.82, 2.24) is 5.32 Å². The second kappa shape index (κ2) is 9.75. The van der Waals surface area contributed by atoms with Crippen molar-refractivity contribution >= 4 is 29.5 Å². The monoisotopic (exact) mass is 394 g/mol. The molecule has 29 heavy (non-hydrogen) atoms. The first-order chi connectivity index (χ1) is 14.1. The van der Waals surface area contributed by atoms with Gasteiger partial charge in [0.1, 0.15) is 11.5 Å². The lowest BCUT2D eigenvalue weighted by atomic mass is 10.1. The maximum absolute atomic E-state index is 12.4. The van der Waals surface area contributed by atoms with Gasteiger partial charge < -0.3 is 24.2 Å². The van der Waals surface area contributed by atoms with E-state index in [1.807, 2.05) is 0 Å². The third-order valence-electron chi connectivity index (χ3n) is 3.72. The van der Waals surface area contributed by atoms with Gasteiger partial charge in [-0.05, 0) is 42.5 Å².